The predicted octanol–water partition coefficient (Wildman–Crippen LogP) is 2.55. The molecule has 2 aromatic rings. The average Bonchev–Trinajstić information content (AvgIpc) is 3.50. The Morgan fingerprint density at radius 1 is 0.897 bits per heavy atom. The van der Waals surface area contributed by atoms with Gasteiger partial charge in [-0.1, -0.05) is 12.1 Å². The molecule has 8 nitrogen and oxygen atoms in total. The third kappa shape index (κ3) is 3.92. The molecule has 2 aliphatic heterocycles. The summed E-state index contributed by atoms with van der Waals surface area (Å²) in [5, 5.41) is 2.43. The number of likely N-dealkylation sites (tertiary alicyclic amines) is 1. The summed E-state index contributed by atoms with van der Waals surface area (Å²) in [6, 6.07) is 9.41. The van der Waals surface area contributed by atoms with Crippen LogP contribution in [0, 0.1) is 0 Å². The Morgan fingerprint density at radius 2 is 1.55 bits per heavy atom. The van der Waals surface area contributed by atoms with Crippen molar-refractivity contribution in [2.75, 3.05) is 31.5 Å². The molecule has 3 heterocycles. The lowest BCUT2D eigenvalue weighted by Crippen LogP contribution is -2.28. The largest absolute Gasteiger partial charge is 0.438 e. The van der Waals surface area contributed by atoms with Crippen molar-refractivity contribution < 1.29 is 22.4 Å². The highest BCUT2D eigenvalue weighted by atomic mass is 32.2. The van der Waals surface area contributed by atoms with Gasteiger partial charge < -0.3 is 14.6 Å². The summed E-state index contributed by atoms with van der Waals surface area (Å²) >= 11 is 0. The SMILES string of the molecule is O=C(Nc1ccccc1C(=O)N1CCCC1)c1ccc(S(=O)(=O)N2CCCC2)o1. The van der Waals surface area contributed by atoms with Gasteiger partial charge in [0.2, 0.25) is 5.09 Å². The van der Waals surface area contributed by atoms with Gasteiger partial charge in [0.05, 0.1) is 11.3 Å². The summed E-state index contributed by atoms with van der Waals surface area (Å²) in [7, 11) is -3.73. The molecule has 1 aromatic heterocycles. The molecule has 0 unspecified atom stereocenters. The van der Waals surface area contributed by atoms with Crippen LogP contribution in [0.3, 0.4) is 0 Å². The molecule has 4 rings (SSSR count). The van der Waals surface area contributed by atoms with E-state index in [-0.39, 0.29) is 16.8 Å². The number of rotatable bonds is 5. The highest BCUT2D eigenvalue weighted by molar-refractivity contribution is 7.89. The molecule has 0 atom stereocenters. The number of sulfonamides is 1. The number of anilines is 1. The predicted molar refractivity (Wildman–Crippen MR) is 106 cm³/mol. The lowest BCUT2D eigenvalue weighted by atomic mass is 10.1. The minimum atomic E-state index is -3.73. The summed E-state index contributed by atoms with van der Waals surface area (Å²) in [5.74, 6) is -0.851. The maximum atomic E-state index is 12.7. The van der Waals surface area contributed by atoms with Crippen LogP contribution in [-0.2, 0) is 10.0 Å². The van der Waals surface area contributed by atoms with Crippen LogP contribution < -0.4 is 5.32 Å². The van der Waals surface area contributed by atoms with Crippen LogP contribution in [-0.4, -0.2) is 55.6 Å². The third-order valence-electron chi connectivity index (χ3n) is 5.26. The monoisotopic (exact) mass is 417 g/mol. The summed E-state index contributed by atoms with van der Waals surface area (Å²) in [6.45, 7) is 2.32. The van der Waals surface area contributed by atoms with Crippen LogP contribution >= 0.6 is 0 Å². The lowest BCUT2D eigenvalue weighted by molar-refractivity contribution is 0.0794. The van der Waals surface area contributed by atoms with Crippen molar-refractivity contribution in [3.05, 3.63) is 47.7 Å². The van der Waals surface area contributed by atoms with E-state index in [1.54, 1.807) is 29.2 Å². The minimum Gasteiger partial charge on any atom is -0.438 e. The second-order valence-corrected chi connectivity index (χ2v) is 9.10. The summed E-state index contributed by atoms with van der Waals surface area (Å²) in [4.78, 5) is 27.1. The van der Waals surface area contributed by atoms with Gasteiger partial charge >= 0.3 is 0 Å². The quantitative estimate of drug-likeness (QED) is 0.806. The zero-order valence-corrected chi connectivity index (χ0v) is 16.8. The van der Waals surface area contributed by atoms with Crippen LogP contribution in [0.2, 0.25) is 0 Å². The van der Waals surface area contributed by atoms with Gasteiger partial charge in [-0.05, 0) is 49.9 Å². The van der Waals surface area contributed by atoms with Gasteiger partial charge in [0.25, 0.3) is 21.8 Å². The molecule has 0 bridgehead atoms. The first kappa shape index (κ1) is 19.7. The Kier molecular flexibility index (Phi) is 5.42. The van der Waals surface area contributed by atoms with Crippen LogP contribution in [0.1, 0.15) is 46.6 Å². The highest BCUT2D eigenvalue weighted by Crippen LogP contribution is 2.24. The van der Waals surface area contributed by atoms with E-state index in [9.17, 15) is 18.0 Å². The van der Waals surface area contributed by atoms with E-state index in [1.807, 2.05) is 0 Å². The van der Waals surface area contributed by atoms with Crippen LogP contribution in [0.4, 0.5) is 5.69 Å². The van der Waals surface area contributed by atoms with Gasteiger partial charge in [-0.25, -0.2) is 8.42 Å². The highest BCUT2D eigenvalue weighted by Gasteiger charge is 2.31. The van der Waals surface area contributed by atoms with E-state index in [0.717, 1.165) is 25.7 Å². The van der Waals surface area contributed by atoms with Crippen molar-refractivity contribution >= 4 is 27.5 Å². The fraction of sp³-hybridized carbons (Fsp3) is 0.400. The van der Waals surface area contributed by atoms with Crippen molar-refractivity contribution in [2.24, 2.45) is 0 Å². The Balaban J connectivity index is 1.52. The van der Waals surface area contributed by atoms with Gasteiger partial charge in [0.1, 0.15) is 0 Å². The van der Waals surface area contributed by atoms with E-state index in [0.29, 0.717) is 37.4 Å². The fourth-order valence-electron chi connectivity index (χ4n) is 3.69. The topological polar surface area (TPSA) is 99.9 Å². The van der Waals surface area contributed by atoms with Crippen molar-refractivity contribution in [3.63, 3.8) is 0 Å². The molecule has 0 radical (unpaired) electrons. The number of nitrogens with zero attached hydrogens (tertiary/aromatic N) is 2. The molecule has 0 saturated carbocycles. The maximum Gasteiger partial charge on any atom is 0.291 e. The first-order valence-corrected chi connectivity index (χ1v) is 11.2. The molecule has 29 heavy (non-hydrogen) atoms. The van der Waals surface area contributed by atoms with Crippen LogP contribution in [0.15, 0.2) is 45.9 Å². The van der Waals surface area contributed by atoms with E-state index in [1.165, 1.54) is 16.4 Å². The molecule has 2 amide bonds. The number of para-hydroxylation sites is 1. The molecule has 2 aliphatic rings. The molecular formula is C20H23N3O5S. The van der Waals surface area contributed by atoms with Gasteiger partial charge in [-0.2, -0.15) is 4.31 Å². The van der Waals surface area contributed by atoms with Crippen LogP contribution in [0.5, 0.6) is 0 Å². The summed E-state index contributed by atoms with van der Waals surface area (Å²) in [5.41, 5.74) is 0.772. The Labute approximate surface area is 169 Å². The molecule has 1 N–H and O–H groups in total. The van der Waals surface area contributed by atoms with Crippen molar-refractivity contribution in [3.8, 4) is 0 Å². The molecule has 0 aliphatic carbocycles. The number of benzene rings is 1. The van der Waals surface area contributed by atoms with Crippen molar-refractivity contribution in [1.82, 2.24) is 9.21 Å². The molecule has 9 heteroatoms. The van der Waals surface area contributed by atoms with Gasteiger partial charge in [0, 0.05) is 26.2 Å². The second kappa shape index (κ2) is 8.00. The molecule has 1 aromatic carbocycles. The minimum absolute atomic E-state index is 0.119. The van der Waals surface area contributed by atoms with Gasteiger partial charge in [-0.3, -0.25) is 9.59 Å². The van der Waals surface area contributed by atoms with Crippen LogP contribution in [0.25, 0.3) is 0 Å². The van der Waals surface area contributed by atoms with E-state index < -0.39 is 15.9 Å². The number of amides is 2. The Bertz CT molecular complexity index is 1020. The Morgan fingerprint density at radius 3 is 2.28 bits per heavy atom. The average molecular weight is 417 g/mol. The van der Waals surface area contributed by atoms with E-state index in [2.05, 4.69) is 5.32 Å². The van der Waals surface area contributed by atoms with Gasteiger partial charge in [-0.15, -0.1) is 0 Å². The number of hydrogen-bond donors (Lipinski definition) is 1. The number of furan rings is 1. The number of hydrogen-bond acceptors (Lipinski definition) is 5. The zero-order chi connectivity index (χ0) is 20.4. The number of carbonyl (C=O) groups is 2. The first-order chi connectivity index (χ1) is 14.0. The number of carbonyl (C=O) groups excluding carboxylic acids is 2. The van der Waals surface area contributed by atoms with Crippen molar-refractivity contribution in [1.29, 1.82) is 0 Å². The van der Waals surface area contributed by atoms with Gasteiger partial charge in [0.15, 0.2) is 5.76 Å². The number of nitrogens with one attached hydrogen (secondary N) is 1. The fourth-order valence-corrected chi connectivity index (χ4v) is 5.12. The second-order valence-electron chi connectivity index (χ2n) is 7.23. The Hall–Kier alpha value is -2.65. The van der Waals surface area contributed by atoms with Crippen molar-refractivity contribution in [2.45, 2.75) is 30.8 Å². The molecule has 154 valence electrons. The summed E-state index contributed by atoms with van der Waals surface area (Å²) < 4.78 is 31.9. The molecule has 2 saturated heterocycles. The lowest BCUT2D eigenvalue weighted by Gasteiger charge is -2.17. The third-order valence-corrected chi connectivity index (χ3v) is 7.04. The molecule has 0 spiro atoms. The molecular weight excluding hydrogens is 394 g/mol. The normalized spacial score (nSPS) is 17.6. The summed E-state index contributed by atoms with van der Waals surface area (Å²) in [6.07, 6.45) is 3.58. The van der Waals surface area contributed by atoms with E-state index >= 15 is 0 Å². The first-order valence-electron chi connectivity index (χ1n) is 9.76. The smallest absolute Gasteiger partial charge is 0.291 e. The maximum absolute atomic E-state index is 12.7. The molecule has 2 fully saturated rings. The standard InChI is InChI=1S/C20H23N3O5S/c24-19(17-9-10-18(28-17)29(26,27)23-13-5-6-14-23)21-16-8-2-1-7-15(16)20(25)22-11-3-4-12-22/h1-2,7-10H,3-6,11-14H2,(H,21,24). The zero-order valence-electron chi connectivity index (χ0n) is 16.0. The van der Waals surface area contributed by atoms with E-state index in [4.69, 9.17) is 4.42 Å².